The van der Waals surface area contributed by atoms with Crippen molar-refractivity contribution >= 4 is 11.8 Å². The summed E-state index contributed by atoms with van der Waals surface area (Å²) in [5.41, 5.74) is 2.13. The normalized spacial score (nSPS) is 13.9. The van der Waals surface area contributed by atoms with Crippen molar-refractivity contribution in [1.29, 1.82) is 5.26 Å². The van der Waals surface area contributed by atoms with E-state index >= 15 is 0 Å². The van der Waals surface area contributed by atoms with Gasteiger partial charge in [-0.2, -0.15) is 5.26 Å². The lowest BCUT2D eigenvalue weighted by molar-refractivity contribution is 0.168. The Morgan fingerprint density at radius 2 is 2.35 bits per heavy atom. The number of benzene rings is 1. The Hall–Kier alpha value is -2.02. The average Bonchev–Trinajstić information content (AvgIpc) is 3.12. The summed E-state index contributed by atoms with van der Waals surface area (Å²) in [4.78, 5) is 11.3. The van der Waals surface area contributed by atoms with E-state index in [2.05, 4.69) is 11.4 Å². The SMILES string of the molecule is CCOC(=O)Nc1cccc(C2CC2)c1C#N. The summed E-state index contributed by atoms with van der Waals surface area (Å²) >= 11 is 0. The summed E-state index contributed by atoms with van der Waals surface area (Å²) in [6, 6.07) is 7.69. The fraction of sp³-hybridized carbons (Fsp3) is 0.385. The van der Waals surface area contributed by atoms with E-state index in [0.717, 1.165) is 18.4 Å². The van der Waals surface area contributed by atoms with Gasteiger partial charge in [0.25, 0.3) is 0 Å². The van der Waals surface area contributed by atoms with Gasteiger partial charge in [-0.15, -0.1) is 0 Å². The molecule has 1 fully saturated rings. The van der Waals surface area contributed by atoms with Gasteiger partial charge in [0.2, 0.25) is 0 Å². The lowest BCUT2D eigenvalue weighted by Gasteiger charge is -2.09. The standard InChI is InChI=1S/C13H14N2O2/c1-2-17-13(16)15-12-5-3-4-10(9-6-7-9)11(12)8-14/h3-5,9H,2,6-7H2,1H3,(H,15,16). The number of nitriles is 1. The largest absolute Gasteiger partial charge is 0.450 e. The van der Waals surface area contributed by atoms with E-state index in [9.17, 15) is 10.1 Å². The zero-order chi connectivity index (χ0) is 12.3. The third-order valence-corrected chi connectivity index (χ3v) is 2.74. The maximum atomic E-state index is 11.3. The van der Waals surface area contributed by atoms with Gasteiger partial charge in [0.15, 0.2) is 0 Å². The summed E-state index contributed by atoms with van der Waals surface area (Å²) in [5.74, 6) is 0.480. The number of amides is 1. The van der Waals surface area contributed by atoms with Crippen molar-refractivity contribution < 1.29 is 9.53 Å². The number of ether oxygens (including phenoxy) is 1. The van der Waals surface area contributed by atoms with E-state index < -0.39 is 6.09 Å². The molecule has 1 N–H and O–H groups in total. The number of rotatable bonds is 3. The zero-order valence-corrected chi connectivity index (χ0v) is 9.69. The number of hydrogen-bond acceptors (Lipinski definition) is 3. The van der Waals surface area contributed by atoms with Crippen LogP contribution >= 0.6 is 0 Å². The number of anilines is 1. The second-order valence-corrected chi connectivity index (χ2v) is 4.00. The monoisotopic (exact) mass is 230 g/mol. The predicted molar refractivity (Wildman–Crippen MR) is 63.8 cm³/mol. The molecule has 1 aromatic rings. The molecule has 4 nitrogen and oxygen atoms in total. The summed E-state index contributed by atoms with van der Waals surface area (Å²) < 4.78 is 4.80. The molecule has 1 amide bonds. The third-order valence-electron chi connectivity index (χ3n) is 2.74. The molecule has 0 bridgehead atoms. The van der Waals surface area contributed by atoms with Crippen molar-refractivity contribution in [2.75, 3.05) is 11.9 Å². The van der Waals surface area contributed by atoms with Crippen LogP contribution in [0.5, 0.6) is 0 Å². The van der Waals surface area contributed by atoms with Crippen molar-refractivity contribution in [1.82, 2.24) is 0 Å². The maximum Gasteiger partial charge on any atom is 0.411 e. The lowest BCUT2D eigenvalue weighted by Crippen LogP contribution is -2.14. The molecule has 1 saturated carbocycles. The molecule has 0 saturated heterocycles. The Labute approximate surface area is 100 Å². The number of carbonyl (C=O) groups excluding carboxylic acids is 1. The number of hydrogen-bond donors (Lipinski definition) is 1. The van der Waals surface area contributed by atoms with Gasteiger partial charge in [0, 0.05) is 0 Å². The maximum absolute atomic E-state index is 11.3. The first-order valence-electron chi connectivity index (χ1n) is 5.73. The van der Waals surface area contributed by atoms with Gasteiger partial charge in [-0.25, -0.2) is 4.79 Å². The minimum absolute atomic E-state index is 0.316. The van der Waals surface area contributed by atoms with Gasteiger partial charge < -0.3 is 4.74 Å². The van der Waals surface area contributed by atoms with Gasteiger partial charge in [0.05, 0.1) is 17.9 Å². The molecule has 0 heterocycles. The number of nitrogens with one attached hydrogen (secondary N) is 1. The van der Waals surface area contributed by atoms with E-state index in [0.29, 0.717) is 23.8 Å². The molecule has 2 rings (SSSR count). The fourth-order valence-electron chi connectivity index (χ4n) is 1.81. The Morgan fingerprint density at radius 3 is 2.94 bits per heavy atom. The van der Waals surface area contributed by atoms with Crippen LogP contribution in [-0.2, 0) is 4.74 Å². The molecule has 88 valence electrons. The minimum atomic E-state index is -0.517. The van der Waals surface area contributed by atoms with Crippen molar-refractivity contribution in [3.63, 3.8) is 0 Å². The highest BCUT2D eigenvalue weighted by Gasteiger charge is 2.27. The summed E-state index contributed by atoms with van der Waals surface area (Å²) in [6.45, 7) is 2.06. The Kier molecular flexibility index (Phi) is 3.29. The highest BCUT2D eigenvalue weighted by atomic mass is 16.5. The number of carbonyl (C=O) groups is 1. The molecule has 0 unspecified atom stereocenters. The molecule has 0 spiro atoms. The van der Waals surface area contributed by atoms with Crippen LogP contribution in [-0.4, -0.2) is 12.7 Å². The second kappa shape index (κ2) is 4.88. The van der Waals surface area contributed by atoms with Crippen molar-refractivity contribution in [2.24, 2.45) is 0 Å². The van der Waals surface area contributed by atoms with E-state index in [4.69, 9.17) is 4.74 Å². The van der Waals surface area contributed by atoms with Crippen LogP contribution in [0, 0.1) is 11.3 Å². The fourth-order valence-corrected chi connectivity index (χ4v) is 1.81. The van der Waals surface area contributed by atoms with E-state index in [1.165, 1.54) is 0 Å². The molecule has 4 heteroatoms. The lowest BCUT2D eigenvalue weighted by atomic mass is 10.0. The smallest absolute Gasteiger partial charge is 0.411 e. The molecule has 17 heavy (non-hydrogen) atoms. The number of nitrogens with zero attached hydrogens (tertiary/aromatic N) is 1. The van der Waals surface area contributed by atoms with Gasteiger partial charge in [-0.1, -0.05) is 12.1 Å². The Balaban J connectivity index is 2.24. The van der Waals surface area contributed by atoms with Gasteiger partial charge in [-0.05, 0) is 37.3 Å². The molecular formula is C13H14N2O2. The highest BCUT2D eigenvalue weighted by molar-refractivity contribution is 5.87. The van der Waals surface area contributed by atoms with E-state index in [1.807, 2.05) is 12.1 Å². The van der Waals surface area contributed by atoms with E-state index in [1.54, 1.807) is 13.0 Å². The minimum Gasteiger partial charge on any atom is -0.450 e. The van der Waals surface area contributed by atoms with Gasteiger partial charge in [0.1, 0.15) is 6.07 Å². The summed E-state index contributed by atoms with van der Waals surface area (Å²) in [6.07, 6.45) is 1.73. The second-order valence-electron chi connectivity index (χ2n) is 4.00. The van der Waals surface area contributed by atoms with E-state index in [-0.39, 0.29) is 0 Å². The molecule has 0 atom stereocenters. The van der Waals surface area contributed by atoms with Crippen LogP contribution in [0.4, 0.5) is 10.5 Å². The first-order chi connectivity index (χ1) is 8.26. The highest BCUT2D eigenvalue weighted by Crippen LogP contribution is 2.42. The van der Waals surface area contributed by atoms with Crippen LogP contribution in [0.3, 0.4) is 0 Å². The van der Waals surface area contributed by atoms with Crippen molar-refractivity contribution in [3.8, 4) is 6.07 Å². The molecule has 0 aliphatic heterocycles. The third kappa shape index (κ3) is 2.56. The molecule has 1 aliphatic carbocycles. The van der Waals surface area contributed by atoms with Crippen molar-refractivity contribution in [3.05, 3.63) is 29.3 Å². The average molecular weight is 230 g/mol. The Bertz CT molecular complexity index is 473. The van der Waals surface area contributed by atoms with Gasteiger partial charge in [-0.3, -0.25) is 5.32 Å². The zero-order valence-electron chi connectivity index (χ0n) is 9.69. The first kappa shape index (κ1) is 11.5. The topological polar surface area (TPSA) is 62.1 Å². The molecule has 1 aromatic carbocycles. The van der Waals surface area contributed by atoms with Crippen LogP contribution in [0.1, 0.15) is 36.8 Å². The Morgan fingerprint density at radius 1 is 1.59 bits per heavy atom. The van der Waals surface area contributed by atoms with Crippen LogP contribution in [0.25, 0.3) is 0 Å². The molecular weight excluding hydrogens is 216 g/mol. The van der Waals surface area contributed by atoms with Crippen LogP contribution in [0.2, 0.25) is 0 Å². The predicted octanol–water partition coefficient (Wildman–Crippen LogP) is 3.00. The van der Waals surface area contributed by atoms with Crippen molar-refractivity contribution in [2.45, 2.75) is 25.7 Å². The molecule has 0 aromatic heterocycles. The molecule has 0 radical (unpaired) electrons. The van der Waals surface area contributed by atoms with Gasteiger partial charge >= 0.3 is 6.09 Å². The van der Waals surface area contributed by atoms with Crippen LogP contribution in [0.15, 0.2) is 18.2 Å². The molecule has 1 aliphatic rings. The first-order valence-corrected chi connectivity index (χ1v) is 5.73. The summed E-state index contributed by atoms with van der Waals surface area (Å²) in [7, 11) is 0. The summed E-state index contributed by atoms with van der Waals surface area (Å²) in [5, 5.41) is 11.8. The van der Waals surface area contributed by atoms with Crippen LogP contribution < -0.4 is 5.32 Å². The quantitative estimate of drug-likeness (QED) is 0.868.